The van der Waals surface area contributed by atoms with Gasteiger partial charge in [0.15, 0.2) is 6.04 Å². The first-order valence-corrected chi connectivity index (χ1v) is 10.4. The van der Waals surface area contributed by atoms with Gasteiger partial charge in [-0.1, -0.05) is 50.5 Å². The number of rotatable bonds is 8. The molecule has 2 aromatic carbocycles. The van der Waals surface area contributed by atoms with E-state index in [9.17, 15) is 18.0 Å². The van der Waals surface area contributed by atoms with E-state index in [-0.39, 0.29) is 12.0 Å². The summed E-state index contributed by atoms with van der Waals surface area (Å²) in [4.78, 5) is 11.9. The normalized spacial score (nSPS) is 17.9. The van der Waals surface area contributed by atoms with Crippen LogP contribution in [0.1, 0.15) is 64.5 Å². The Bertz CT molecular complexity index is 896. The molecular weight excluding hydrogens is 393 g/mol. The maximum atomic E-state index is 14.2. The molecule has 2 aromatic rings. The Morgan fingerprint density at radius 2 is 1.93 bits per heavy atom. The number of unbranched alkanes of at least 4 members (excludes halogenated alkanes) is 3. The van der Waals surface area contributed by atoms with Crippen LogP contribution >= 0.6 is 0 Å². The second-order valence-corrected chi connectivity index (χ2v) is 8.48. The van der Waals surface area contributed by atoms with Gasteiger partial charge in [0.05, 0.1) is 6.61 Å². The highest BCUT2D eigenvalue weighted by molar-refractivity contribution is 5.87. The van der Waals surface area contributed by atoms with E-state index in [1.165, 1.54) is 6.07 Å². The second kappa shape index (κ2) is 8.84. The third kappa shape index (κ3) is 4.89. The van der Waals surface area contributed by atoms with E-state index < -0.39 is 23.7 Å². The SMILES string of the molecule is CCCCCCOc1ccc2c(C(N3NC(=O)CC3(C)C)C(F)(F)F)cccc2c1. The highest BCUT2D eigenvalue weighted by Gasteiger charge is 2.53. The summed E-state index contributed by atoms with van der Waals surface area (Å²) in [6.07, 6.45) is -0.192. The number of halogens is 3. The third-order valence-corrected chi connectivity index (χ3v) is 5.51. The van der Waals surface area contributed by atoms with Crippen molar-refractivity contribution in [3.63, 3.8) is 0 Å². The van der Waals surface area contributed by atoms with Gasteiger partial charge < -0.3 is 4.74 Å². The van der Waals surface area contributed by atoms with Crippen molar-refractivity contribution >= 4 is 16.7 Å². The minimum absolute atomic E-state index is 0.0143. The summed E-state index contributed by atoms with van der Waals surface area (Å²) in [5.41, 5.74) is 1.58. The molecule has 1 atom stereocenters. The van der Waals surface area contributed by atoms with Crippen LogP contribution in [0, 0.1) is 0 Å². The van der Waals surface area contributed by atoms with Gasteiger partial charge in [-0.2, -0.15) is 18.2 Å². The zero-order chi connectivity index (χ0) is 21.9. The first-order valence-electron chi connectivity index (χ1n) is 10.4. The summed E-state index contributed by atoms with van der Waals surface area (Å²) in [5.74, 6) is 0.239. The Morgan fingerprint density at radius 3 is 2.57 bits per heavy atom. The zero-order valence-electron chi connectivity index (χ0n) is 17.7. The standard InChI is InChI=1S/C23H29F3N2O2/c1-4-5-6-7-13-30-17-11-12-18-16(14-17)9-8-10-19(18)21(23(24,25)26)28-22(2,3)15-20(29)27-28/h8-12,14,21H,4-7,13,15H2,1-3H3,(H,27,29). The Balaban J connectivity index is 1.92. The lowest BCUT2D eigenvalue weighted by molar-refractivity contribution is -0.203. The number of hydrogen-bond donors (Lipinski definition) is 1. The number of hydrogen-bond acceptors (Lipinski definition) is 3. The summed E-state index contributed by atoms with van der Waals surface area (Å²) in [6.45, 7) is 6.01. The minimum Gasteiger partial charge on any atom is -0.494 e. The molecule has 1 N–H and O–H groups in total. The Morgan fingerprint density at radius 1 is 1.17 bits per heavy atom. The van der Waals surface area contributed by atoms with Gasteiger partial charge in [0, 0.05) is 12.0 Å². The number of ether oxygens (including phenoxy) is 1. The van der Waals surface area contributed by atoms with Crippen LogP contribution in [-0.4, -0.2) is 29.2 Å². The lowest BCUT2D eigenvalue weighted by Crippen LogP contribution is -2.51. The van der Waals surface area contributed by atoms with Crippen molar-refractivity contribution < 1.29 is 22.7 Å². The van der Waals surface area contributed by atoms with Gasteiger partial charge >= 0.3 is 6.18 Å². The average Bonchev–Trinajstić information content (AvgIpc) is 2.92. The summed E-state index contributed by atoms with van der Waals surface area (Å²) in [5, 5.41) is 2.22. The molecule has 0 radical (unpaired) electrons. The summed E-state index contributed by atoms with van der Waals surface area (Å²) < 4.78 is 48.3. The summed E-state index contributed by atoms with van der Waals surface area (Å²) >= 11 is 0. The maximum absolute atomic E-state index is 14.2. The van der Waals surface area contributed by atoms with Crippen molar-refractivity contribution in [3.8, 4) is 5.75 Å². The van der Waals surface area contributed by atoms with Gasteiger partial charge in [0.2, 0.25) is 5.91 Å². The van der Waals surface area contributed by atoms with Crippen molar-refractivity contribution in [2.45, 2.75) is 70.6 Å². The number of fused-ring (bicyclic) bond motifs is 1. The fraction of sp³-hybridized carbons (Fsp3) is 0.522. The molecule has 0 spiro atoms. The van der Waals surface area contributed by atoms with Crippen molar-refractivity contribution in [2.75, 3.05) is 6.61 Å². The largest absolute Gasteiger partial charge is 0.494 e. The number of carbonyl (C=O) groups excluding carboxylic acids is 1. The number of benzene rings is 2. The molecule has 1 aliphatic heterocycles. The average molecular weight is 422 g/mol. The van der Waals surface area contributed by atoms with Gasteiger partial charge in [-0.15, -0.1) is 0 Å². The highest BCUT2D eigenvalue weighted by atomic mass is 19.4. The lowest BCUT2D eigenvalue weighted by Gasteiger charge is -2.38. The fourth-order valence-electron chi connectivity index (χ4n) is 4.01. The van der Waals surface area contributed by atoms with Crippen LogP contribution in [0.3, 0.4) is 0 Å². The molecule has 1 saturated heterocycles. The molecule has 1 fully saturated rings. The number of alkyl halides is 3. The maximum Gasteiger partial charge on any atom is 0.409 e. The van der Waals surface area contributed by atoms with E-state index in [0.29, 0.717) is 23.1 Å². The van der Waals surface area contributed by atoms with E-state index in [2.05, 4.69) is 12.3 Å². The van der Waals surface area contributed by atoms with Crippen molar-refractivity contribution in [2.24, 2.45) is 0 Å². The Hall–Kier alpha value is -2.28. The number of hydrazine groups is 1. The van der Waals surface area contributed by atoms with Crippen LogP contribution in [0.5, 0.6) is 5.75 Å². The molecule has 0 aliphatic carbocycles. The highest BCUT2D eigenvalue weighted by Crippen LogP contribution is 2.44. The molecule has 1 amide bonds. The van der Waals surface area contributed by atoms with Crippen LogP contribution in [0.4, 0.5) is 13.2 Å². The number of amides is 1. The molecule has 0 bridgehead atoms. The molecule has 1 aliphatic rings. The monoisotopic (exact) mass is 422 g/mol. The first-order chi connectivity index (χ1) is 14.1. The number of nitrogens with zero attached hydrogens (tertiary/aromatic N) is 1. The Kier molecular flexibility index (Phi) is 6.60. The molecule has 1 unspecified atom stereocenters. The van der Waals surface area contributed by atoms with Crippen LogP contribution in [0.2, 0.25) is 0 Å². The van der Waals surface area contributed by atoms with E-state index in [0.717, 1.165) is 30.7 Å². The molecule has 164 valence electrons. The molecule has 1 heterocycles. The van der Waals surface area contributed by atoms with E-state index in [4.69, 9.17) is 4.74 Å². The van der Waals surface area contributed by atoms with Crippen LogP contribution < -0.4 is 10.2 Å². The first kappa shape index (κ1) is 22.4. The van der Waals surface area contributed by atoms with E-state index in [1.807, 2.05) is 0 Å². The van der Waals surface area contributed by atoms with Crippen molar-refractivity contribution in [1.82, 2.24) is 10.4 Å². The molecular formula is C23H29F3N2O2. The lowest BCUT2D eigenvalue weighted by atomic mass is 9.93. The van der Waals surface area contributed by atoms with Gasteiger partial charge in [-0.25, -0.2) is 0 Å². The second-order valence-electron chi connectivity index (χ2n) is 8.48. The van der Waals surface area contributed by atoms with Crippen molar-refractivity contribution in [3.05, 3.63) is 42.0 Å². The van der Waals surface area contributed by atoms with Crippen molar-refractivity contribution in [1.29, 1.82) is 0 Å². The fourth-order valence-corrected chi connectivity index (χ4v) is 4.01. The molecule has 7 heteroatoms. The van der Waals surface area contributed by atoms with Crippen LogP contribution in [0.15, 0.2) is 36.4 Å². The van der Waals surface area contributed by atoms with E-state index >= 15 is 0 Å². The molecule has 0 aromatic heterocycles. The van der Waals surface area contributed by atoms with E-state index in [1.54, 1.807) is 44.2 Å². The predicted molar refractivity (Wildman–Crippen MR) is 111 cm³/mol. The summed E-state index contributed by atoms with van der Waals surface area (Å²) in [6, 6.07) is 8.11. The molecule has 3 rings (SSSR count). The molecule has 4 nitrogen and oxygen atoms in total. The van der Waals surface area contributed by atoms with Gasteiger partial charge in [0.1, 0.15) is 5.75 Å². The van der Waals surface area contributed by atoms with Gasteiger partial charge in [0.25, 0.3) is 0 Å². The third-order valence-electron chi connectivity index (χ3n) is 5.51. The molecule has 0 saturated carbocycles. The van der Waals surface area contributed by atoms with Crippen LogP contribution in [-0.2, 0) is 4.79 Å². The predicted octanol–water partition coefficient (Wildman–Crippen LogP) is 5.92. The number of nitrogens with one attached hydrogen (secondary N) is 1. The minimum atomic E-state index is -4.56. The smallest absolute Gasteiger partial charge is 0.409 e. The Labute approximate surface area is 175 Å². The quantitative estimate of drug-likeness (QED) is 0.537. The summed E-state index contributed by atoms with van der Waals surface area (Å²) in [7, 11) is 0. The van der Waals surface area contributed by atoms with Gasteiger partial charge in [-0.05, 0) is 48.7 Å². The number of carbonyl (C=O) groups is 1. The zero-order valence-corrected chi connectivity index (χ0v) is 17.7. The molecule has 30 heavy (non-hydrogen) atoms. The van der Waals surface area contributed by atoms with Crippen LogP contribution in [0.25, 0.3) is 10.8 Å². The van der Waals surface area contributed by atoms with Gasteiger partial charge in [-0.3, -0.25) is 10.2 Å². The topological polar surface area (TPSA) is 41.6 Å².